The monoisotopic (exact) mass is 363 g/mol. The molecule has 4 rings (SSSR count). The molecule has 128 valence electrons. The van der Waals surface area contributed by atoms with Gasteiger partial charge in [0.1, 0.15) is 0 Å². The van der Waals surface area contributed by atoms with Crippen LogP contribution in [0.15, 0.2) is 66.3 Å². The lowest BCUT2D eigenvalue weighted by atomic mass is 10.1. The molecule has 0 saturated carbocycles. The predicted molar refractivity (Wildman–Crippen MR) is 99.9 cm³/mol. The third-order valence-corrected chi connectivity index (χ3v) is 4.70. The zero-order valence-electron chi connectivity index (χ0n) is 13.4. The van der Waals surface area contributed by atoms with Gasteiger partial charge in [-0.2, -0.15) is 0 Å². The van der Waals surface area contributed by atoms with Crippen molar-refractivity contribution in [2.45, 2.75) is 0 Å². The fourth-order valence-corrected chi connectivity index (χ4v) is 3.36. The van der Waals surface area contributed by atoms with Crippen molar-refractivity contribution in [3.05, 3.63) is 77.4 Å². The minimum absolute atomic E-state index is 0.0281. The molecule has 0 bridgehead atoms. The Morgan fingerprint density at radius 3 is 2.46 bits per heavy atom. The molecule has 0 aliphatic heterocycles. The summed E-state index contributed by atoms with van der Waals surface area (Å²) >= 11 is 1.56. The minimum Gasteiger partial charge on any atom is -0.478 e. The Bertz CT molecular complexity index is 1080. The van der Waals surface area contributed by atoms with E-state index in [-0.39, 0.29) is 11.1 Å². The molecule has 2 heterocycles. The largest absolute Gasteiger partial charge is 0.478 e. The fourth-order valence-electron chi connectivity index (χ4n) is 2.66. The summed E-state index contributed by atoms with van der Waals surface area (Å²) in [7, 11) is 0. The standard InChI is InChI=1S/C19H13N3O3S/c23-17(14-3-1-2-4-15(14)18(24)25)20-13-7-5-12(6-8-13)16-11-22-9-10-26-19(22)21-16/h1-11H,(H,20,23)(H,24,25). The number of fused-ring (bicyclic) bond motifs is 1. The first-order valence-corrected chi connectivity index (χ1v) is 8.66. The van der Waals surface area contributed by atoms with Crippen molar-refractivity contribution in [1.82, 2.24) is 9.38 Å². The molecule has 6 nitrogen and oxygen atoms in total. The normalized spacial score (nSPS) is 10.8. The van der Waals surface area contributed by atoms with Gasteiger partial charge in [-0.15, -0.1) is 11.3 Å². The van der Waals surface area contributed by atoms with E-state index in [0.717, 1.165) is 16.2 Å². The first-order valence-electron chi connectivity index (χ1n) is 7.78. The summed E-state index contributed by atoms with van der Waals surface area (Å²) in [6, 6.07) is 13.4. The summed E-state index contributed by atoms with van der Waals surface area (Å²) in [5, 5.41) is 13.9. The number of carbonyl (C=O) groups excluding carboxylic acids is 1. The highest BCUT2D eigenvalue weighted by Crippen LogP contribution is 2.23. The highest BCUT2D eigenvalue weighted by atomic mass is 32.1. The first-order chi connectivity index (χ1) is 12.6. The van der Waals surface area contributed by atoms with E-state index in [9.17, 15) is 14.7 Å². The second-order valence-electron chi connectivity index (χ2n) is 5.60. The van der Waals surface area contributed by atoms with E-state index >= 15 is 0 Å². The average molecular weight is 363 g/mol. The Hall–Kier alpha value is -3.45. The maximum absolute atomic E-state index is 12.4. The number of imidazole rings is 1. The summed E-state index contributed by atoms with van der Waals surface area (Å²) in [4.78, 5) is 29.1. The number of amides is 1. The van der Waals surface area contributed by atoms with E-state index in [0.29, 0.717) is 5.69 Å². The van der Waals surface area contributed by atoms with Crippen molar-refractivity contribution in [2.24, 2.45) is 0 Å². The number of aromatic carboxylic acids is 1. The van der Waals surface area contributed by atoms with Crippen molar-refractivity contribution in [3.8, 4) is 11.3 Å². The van der Waals surface area contributed by atoms with Crippen LogP contribution in [-0.4, -0.2) is 26.4 Å². The highest BCUT2D eigenvalue weighted by molar-refractivity contribution is 7.15. The maximum Gasteiger partial charge on any atom is 0.336 e. The quantitative estimate of drug-likeness (QED) is 0.574. The predicted octanol–water partition coefficient (Wildman–Crippen LogP) is 4.01. The summed E-state index contributed by atoms with van der Waals surface area (Å²) in [6.45, 7) is 0. The van der Waals surface area contributed by atoms with Gasteiger partial charge in [-0.1, -0.05) is 24.3 Å². The SMILES string of the molecule is O=C(O)c1ccccc1C(=O)Nc1ccc(-c2cn3ccsc3n2)cc1. The third kappa shape index (κ3) is 2.96. The Balaban J connectivity index is 1.55. The summed E-state index contributed by atoms with van der Waals surface area (Å²) in [5.41, 5.74) is 2.47. The van der Waals surface area contributed by atoms with Crippen LogP contribution in [0, 0.1) is 0 Å². The molecule has 0 unspecified atom stereocenters. The summed E-state index contributed by atoms with van der Waals surface area (Å²) in [5.74, 6) is -1.59. The van der Waals surface area contributed by atoms with Crippen LogP contribution in [0.5, 0.6) is 0 Å². The molecule has 0 fully saturated rings. The number of carboxylic acids is 1. The molecule has 2 N–H and O–H groups in total. The zero-order valence-corrected chi connectivity index (χ0v) is 14.2. The van der Waals surface area contributed by atoms with Gasteiger partial charge in [-0.3, -0.25) is 9.20 Å². The van der Waals surface area contributed by atoms with Gasteiger partial charge in [0.2, 0.25) is 0 Å². The van der Waals surface area contributed by atoms with Gasteiger partial charge in [-0.25, -0.2) is 9.78 Å². The van der Waals surface area contributed by atoms with Crippen LogP contribution in [0.25, 0.3) is 16.2 Å². The molecular weight excluding hydrogens is 350 g/mol. The molecule has 26 heavy (non-hydrogen) atoms. The topological polar surface area (TPSA) is 83.7 Å². The Labute approximate surface area is 152 Å². The van der Waals surface area contributed by atoms with Crippen molar-refractivity contribution < 1.29 is 14.7 Å². The van der Waals surface area contributed by atoms with E-state index in [4.69, 9.17) is 0 Å². The zero-order chi connectivity index (χ0) is 18.1. The molecule has 0 spiro atoms. The number of anilines is 1. The molecule has 7 heteroatoms. The number of nitrogens with one attached hydrogen (secondary N) is 1. The number of aromatic nitrogens is 2. The molecule has 0 aliphatic rings. The molecule has 0 aliphatic carbocycles. The van der Waals surface area contributed by atoms with E-state index in [2.05, 4.69) is 10.3 Å². The second kappa shape index (κ2) is 6.45. The molecule has 0 atom stereocenters. The molecule has 1 amide bonds. The van der Waals surface area contributed by atoms with Crippen molar-refractivity contribution in [2.75, 3.05) is 5.32 Å². The molecule has 0 saturated heterocycles. The number of nitrogens with zero attached hydrogens (tertiary/aromatic N) is 2. The van der Waals surface area contributed by atoms with Gasteiger partial charge in [-0.05, 0) is 24.3 Å². The molecule has 2 aromatic heterocycles. The van der Waals surface area contributed by atoms with Crippen molar-refractivity contribution in [1.29, 1.82) is 0 Å². The lowest BCUT2D eigenvalue weighted by molar-refractivity contribution is 0.0692. The van der Waals surface area contributed by atoms with Crippen molar-refractivity contribution in [3.63, 3.8) is 0 Å². The van der Waals surface area contributed by atoms with Crippen LogP contribution in [-0.2, 0) is 0 Å². The number of thiazole rings is 1. The lowest BCUT2D eigenvalue weighted by Crippen LogP contribution is -2.16. The van der Waals surface area contributed by atoms with Crippen LogP contribution in [0.2, 0.25) is 0 Å². The van der Waals surface area contributed by atoms with E-state index in [1.807, 2.05) is 34.3 Å². The van der Waals surface area contributed by atoms with Gasteiger partial charge in [0.05, 0.1) is 16.8 Å². The number of rotatable bonds is 4. The number of carboxylic acid groups (broad SMARTS) is 1. The van der Waals surface area contributed by atoms with Gasteiger partial charge in [0.25, 0.3) is 5.91 Å². The van der Waals surface area contributed by atoms with Gasteiger partial charge in [0, 0.05) is 29.0 Å². The van der Waals surface area contributed by atoms with Crippen LogP contribution < -0.4 is 5.32 Å². The van der Waals surface area contributed by atoms with Gasteiger partial charge >= 0.3 is 5.97 Å². The first kappa shape index (κ1) is 16.0. The number of carbonyl (C=O) groups is 2. The smallest absolute Gasteiger partial charge is 0.336 e. The van der Waals surface area contributed by atoms with Gasteiger partial charge in [0.15, 0.2) is 4.96 Å². The summed E-state index contributed by atoms with van der Waals surface area (Å²) < 4.78 is 1.96. The van der Waals surface area contributed by atoms with Crippen LogP contribution in [0.4, 0.5) is 5.69 Å². The fraction of sp³-hybridized carbons (Fsp3) is 0. The van der Waals surface area contributed by atoms with E-state index < -0.39 is 11.9 Å². The summed E-state index contributed by atoms with van der Waals surface area (Å²) in [6.07, 6.45) is 3.90. The maximum atomic E-state index is 12.4. The van der Waals surface area contributed by atoms with Crippen LogP contribution >= 0.6 is 11.3 Å². The number of hydrogen-bond donors (Lipinski definition) is 2. The molecule has 4 aromatic rings. The van der Waals surface area contributed by atoms with E-state index in [1.165, 1.54) is 12.1 Å². The van der Waals surface area contributed by atoms with Crippen molar-refractivity contribution >= 4 is 33.9 Å². The lowest BCUT2D eigenvalue weighted by Gasteiger charge is -2.08. The average Bonchev–Trinajstić information content (AvgIpc) is 3.24. The van der Waals surface area contributed by atoms with Gasteiger partial charge < -0.3 is 10.4 Å². The Morgan fingerprint density at radius 1 is 1.04 bits per heavy atom. The number of hydrogen-bond acceptors (Lipinski definition) is 4. The van der Waals surface area contributed by atoms with Crippen LogP contribution in [0.3, 0.4) is 0 Å². The molecule has 2 aromatic carbocycles. The molecular formula is C19H13N3O3S. The second-order valence-corrected chi connectivity index (χ2v) is 6.47. The molecule has 0 radical (unpaired) electrons. The highest BCUT2D eigenvalue weighted by Gasteiger charge is 2.16. The minimum atomic E-state index is -1.13. The van der Waals surface area contributed by atoms with Crippen LogP contribution in [0.1, 0.15) is 20.7 Å². The third-order valence-electron chi connectivity index (χ3n) is 3.93. The van der Waals surface area contributed by atoms with E-state index in [1.54, 1.807) is 35.6 Å². The number of benzene rings is 2. The Morgan fingerprint density at radius 2 is 1.77 bits per heavy atom. The Kier molecular flexibility index (Phi) is 3.98.